The van der Waals surface area contributed by atoms with Gasteiger partial charge in [0.05, 0.1) is 6.42 Å². The number of hydrazone groups is 1. The Labute approximate surface area is 164 Å². The first-order chi connectivity index (χ1) is 13.0. The molecule has 27 heavy (non-hydrogen) atoms. The van der Waals surface area contributed by atoms with E-state index in [4.69, 9.17) is 11.6 Å². The van der Waals surface area contributed by atoms with Crippen molar-refractivity contribution in [3.8, 4) is 0 Å². The van der Waals surface area contributed by atoms with Crippen molar-refractivity contribution in [2.45, 2.75) is 33.1 Å². The van der Waals surface area contributed by atoms with E-state index in [9.17, 15) is 9.59 Å². The van der Waals surface area contributed by atoms with Crippen molar-refractivity contribution in [3.63, 3.8) is 0 Å². The molecule has 5 nitrogen and oxygen atoms in total. The monoisotopic (exact) mass is 385 g/mol. The number of hydrogen-bond acceptors (Lipinski definition) is 3. The molecular weight excluding hydrogens is 362 g/mol. The van der Waals surface area contributed by atoms with Gasteiger partial charge in [0.15, 0.2) is 0 Å². The number of carbonyl (C=O) groups is 2. The van der Waals surface area contributed by atoms with Crippen molar-refractivity contribution in [1.29, 1.82) is 0 Å². The van der Waals surface area contributed by atoms with E-state index in [1.165, 1.54) is 5.56 Å². The van der Waals surface area contributed by atoms with Crippen molar-refractivity contribution >= 4 is 29.1 Å². The minimum absolute atomic E-state index is 0.114. The van der Waals surface area contributed by atoms with Crippen LogP contribution in [0.25, 0.3) is 0 Å². The van der Waals surface area contributed by atoms with E-state index in [1.54, 1.807) is 25.1 Å². The van der Waals surface area contributed by atoms with Crippen LogP contribution >= 0.6 is 11.6 Å². The molecule has 2 rings (SSSR count). The molecule has 0 heterocycles. The molecule has 0 aromatic heterocycles. The highest BCUT2D eigenvalue weighted by molar-refractivity contribution is 6.31. The second-order valence-electron chi connectivity index (χ2n) is 6.37. The number of nitrogens with one attached hydrogen (secondary N) is 2. The van der Waals surface area contributed by atoms with Crippen LogP contribution in [0, 0.1) is 6.92 Å². The molecule has 0 fully saturated rings. The van der Waals surface area contributed by atoms with Gasteiger partial charge < -0.3 is 5.32 Å². The van der Waals surface area contributed by atoms with Gasteiger partial charge in [-0.1, -0.05) is 48.0 Å². The van der Waals surface area contributed by atoms with Gasteiger partial charge in [-0.05, 0) is 49.9 Å². The number of benzene rings is 2. The highest BCUT2D eigenvalue weighted by Crippen LogP contribution is 2.16. The maximum atomic E-state index is 12.1. The Morgan fingerprint density at radius 1 is 1.11 bits per heavy atom. The van der Waals surface area contributed by atoms with Gasteiger partial charge in [0.25, 0.3) is 5.91 Å². The van der Waals surface area contributed by atoms with Crippen molar-refractivity contribution in [3.05, 3.63) is 70.2 Å². The van der Waals surface area contributed by atoms with Gasteiger partial charge in [-0.15, -0.1) is 0 Å². The Balaban J connectivity index is 1.71. The Morgan fingerprint density at radius 2 is 1.85 bits per heavy atom. The molecule has 0 saturated carbocycles. The van der Waals surface area contributed by atoms with Gasteiger partial charge in [0.2, 0.25) is 5.91 Å². The van der Waals surface area contributed by atoms with Crippen LogP contribution in [0.2, 0.25) is 5.02 Å². The van der Waals surface area contributed by atoms with Gasteiger partial charge in [0, 0.05) is 22.8 Å². The summed E-state index contributed by atoms with van der Waals surface area (Å²) in [4.78, 5) is 24.0. The summed E-state index contributed by atoms with van der Waals surface area (Å²) >= 11 is 6.02. The maximum absolute atomic E-state index is 12.1. The van der Waals surface area contributed by atoms with Crippen LogP contribution in [-0.2, 0) is 11.2 Å². The van der Waals surface area contributed by atoms with Crippen LogP contribution < -0.4 is 10.7 Å². The van der Waals surface area contributed by atoms with Gasteiger partial charge in [-0.25, -0.2) is 5.43 Å². The van der Waals surface area contributed by atoms with Gasteiger partial charge in [-0.3, -0.25) is 9.59 Å². The Bertz CT molecular complexity index is 819. The average molecular weight is 386 g/mol. The van der Waals surface area contributed by atoms with Crippen LogP contribution in [0.5, 0.6) is 0 Å². The molecule has 0 saturated heterocycles. The molecule has 0 aliphatic carbocycles. The SMILES string of the molecule is C/C(CC(=O)NCCCc1ccccc1)=N\NC(=O)c1ccc(C)c(Cl)c1. The Hall–Kier alpha value is -2.66. The lowest BCUT2D eigenvalue weighted by Crippen LogP contribution is -2.27. The van der Waals surface area contributed by atoms with E-state index in [0.717, 1.165) is 18.4 Å². The molecule has 0 radical (unpaired) electrons. The molecule has 0 spiro atoms. The number of amides is 2. The van der Waals surface area contributed by atoms with Crippen molar-refractivity contribution < 1.29 is 9.59 Å². The number of aryl methyl sites for hydroxylation is 2. The first kappa shape index (κ1) is 20.6. The topological polar surface area (TPSA) is 70.6 Å². The minimum atomic E-state index is -0.362. The Kier molecular flexibility index (Phi) is 8.01. The first-order valence-corrected chi connectivity index (χ1v) is 9.24. The predicted molar refractivity (Wildman–Crippen MR) is 109 cm³/mol. The zero-order valence-corrected chi connectivity index (χ0v) is 16.3. The quantitative estimate of drug-likeness (QED) is 0.411. The summed E-state index contributed by atoms with van der Waals surface area (Å²) in [5.74, 6) is -0.475. The minimum Gasteiger partial charge on any atom is -0.356 e. The largest absolute Gasteiger partial charge is 0.356 e. The van der Waals surface area contributed by atoms with E-state index < -0.39 is 0 Å². The summed E-state index contributed by atoms with van der Waals surface area (Å²) in [5.41, 5.74) is 5.56. The molecule has 0 aliphatic rings. The zero-order valence-electron chi connectivity index (χ0n) is 15.6. The van der Waals surface area contributed by atoms with Gasteiger partial charge in [0.1, 0.15) is 0 Å². The number of carbonyl (C=O) groups excluding carboxylic acids is 2. The number of halogens is 1. The zero-order chi connectivity index (χ0) is 19.6. The fourth-order valence-electron chi connectivity index (χ4n) is 2.44. The lowest BCUT2D eigenvalue weighted by atomic mass is 10.1. The second kappa shape index (κ2) is 10.5. The van der Waals surface area contributed by atoms with E-state index in [-0.39, 0.29) is 18.2 Å². The summed E-state index contributed by atoms with van der Waals surface area (Å²) in [6.07, 6.45) is 1.93. The molecule has 6 heteroatoms. The summed E-state index contributed by atoms with van der Waals surface area (Å²) in [6, 6.07) is 15.2. The van der Waals surface area contributed by atoms with E-state index in [2.05, 4.69) is 28.0 Å². The summed E-state index contributed by atoms with van der Waals surface area (Å²) in [5, 5.41) is 7.37. The molecule has 2 aromatic rings. The highest BCUT2D eigenvalue weighted by Gasteiger charge is 2.08. The standard InChI is InChI=1S/C21H24ClN3O2/c1-15-10-11-18(14-19(15)22)21(27)25-24-16(2)13-20(26)23-12-6-9-17-7-4-3-5-8-17/h3-5,7-8,10-11,14H,6,9,12-13H2,1-2H3,(H,23,26)(H,25,27)/b24-16+. The van der Waals surface area contributed by atoms with Gasteiger partial charge in [-0.2, -0.15) is 5.10 Å². The molecule has 0 atom stereocenters. The molecule has 0 bridgehead atoms. The van der Waals surface area contributed by atoms with Crippen LogP contribution in [0.15, 0.2) is 53.6 Å². The molecular formula is C21H24ClN3O2. The lowest BCUT2D eigenvalue weighted by Gasteiger charge is -2.06. The van der Waals surface area contributed by atoms with Crippen LogP contribution in [0.3, 0.4) is 0 Å². The van der Waals surface area contributed by atoms with E-state index in [0.29, 0.717) is 22.8 Å². The smallest absolute Gasteiger partial charge is 0.271 e. The highest BCUT2D eigenvalue weighted by atomic mass is 35.5. The molecule has 2 amide bonds. The van der Waals surface area contributed by atoms with Crippen molar-refractivity contribution in [2.24, 2.45) is 5.10 Å². The maximum Gasteiger partial charge on any atom is 0.271 e. The molecule has 142 valence electrons. The van der Waals surface area contributed by atoms with Crippen LogP contribution in [0.4, 0.5) is 0 Å². The predicted octanol–water partition coefficient (Wildman–Crippen LogP) is 3.89. The fraction of sp³-hybridized carbons (Fsp3) is 0.286. The third-order valence-corrected chi connectivity index (χ3v) is 4.41. The summed E-state index contributed by atoms with van der Waals surface area (Å²) < 4.78 is 0. The second-order valence-corrected chi connectivity index (χ2v) is 6.78. The number of rotatable bonds is 8. The third-order valence-electron chi connectivity index (χ3n) is 4.01. The van der Waals surface area contributed by atoms with E-state index >= 15 is 0 Å². The molecule has 2 aromatic carbocycles. The van der Waals surface area contributed by atoms with Crippen LogP contribution in [0.1, 0.15) is 41.3 Å². The summed E-state index contributed by atoms with van der Waals surface area (Å²) in [6.45, 7) is 4.17. The molecule has 0 aliphatic heterocycles. The van der Waals surface area contributed by atoms with Crippen molar-refractivity contribution in [2.75, 3.05) is 6.54 Å². The number of nitrogens with zero attached hydrogens (tertiary/aromatic N) is 1. The first-order valence-electron chi connectivity index (χ1n) is 8.86. The van der Waals surface area contributed by atoms with Crippen LogP contribution in [-0.4, -0.2) is 24.1 Å². The Morgan fingerprint density at radius 3 is 2.56 bits per heavy atom. The molecule has 2 N–H and O–H groups in total. The van der Waals surface area contributed by atoms with Gasteiger partial charge >= 0.3 is 0 Å². The molecule has 0 unspecified atom stereocenters. The third kappa shape index (κ3) is 7.23. The van der Waals surface area contributed by atoms with E-state index in [1.807, 2.05) is 25.1 Å². The normalized spacial score (nSPS) is 11.1. The number of hydrogen-bond donors (Lipinski definition) is 2. The average Bonchev–Trinajstić information content (AvgIpc) is 2.66. The fourth-order valence-corrected chi connectivity index (χ4v) is 2.62. The van der Waals surface area contributed by atoms with Crippen molar-refractivity contribution in [1.82, 2.24) is 10.7 Å². The summed E-state index contributed by atoms with van der Waals surface area (Å²) in [7, 11) is 0. The lowest BCUT2D eigenvalue weighted by molar-refractivity contribution is -0.119.